The van der Waals surface area contributed by atoms with Crippen LogP contribution in [0.25, 0.3) is 0 Å². The molecule has 2 aromatic carbocycles. The zero-order chi connectivity index (χ0) is 19.3. The Balaban J connectivity index is 1.96. The third-order valence-corrected chi connectivity index (χ3v) is 5.36. The number of nitrogens with zero attached hydrogens (tertiary/aromatic N) is 1. The highest BCUT2D eigenvalue weighted by atomic mass is 35.5. The molecule has 2 rings (SSSR count). The lowest BCUT2D eigenvalue weighted by Gasteiger charge is -2.19. The number of halogens is 1. The molecule has 1 atom stereocenters. The quantitative estimate of drug-likeness (QED) is 0.408. The Bertz CT molecular complexity index is 777. The van der Waals surface area contributed by atoms with Crippen molar-refractivity contribution in [1.29, 1.82) is 0 Å². The lowest BCUT2D eigenvalue weighted by Crippen LogP contribution is -2.27. The molecule has 0 fully saturated rings. The van der Waals surface area contributed by atoms with Gasteiger partial charge in [0.15, 0.2) is 0 Å². The van der Waals surface area contributed by atoms with E-state index in [1.165, 1.54) is 17.3 Å². The molecule has 0 bridgehead atoms. The molecule has 0 saturated heterocycles. The van der Waals surface area contributed by atoms with E-state index < -0.39 is 0 Å². The molecule has 138 valence electrons. The van der Waals surface area contributed by atoms with Gasteiger partial charge < -0.3 is 0 Å². The van der Waals surface area contributed by atoms with E-state index >= 15 is 0 Å². The summed E-state index contributed by atoms with van der Waals surface area (Å²) in [5.41, 5.74) is 5.82. The summed E-state index contributed by atoms with van der Waals surface area (Å²) in [6, 6.07) is 15.7. The minimum absolute atomic E-state index is 0.117. The molecule has 0 spiro atoms. The highest BCUT2D eigenvalue weighted by Gasteiger charge is 2.15. The molecule has 0 heterocycles. The number of carbonyl (C=O) groups excluding carboxylic acids is 1. The van der Waals surface area contributed by atoms with Crippen LogP contribution in [-0.2, 0) is 10.2 Å². The van der Waals surface area contributed by atoms with Gasteiger partial charge in [-0.1, -0.05) is 56.6 Å². The SMILES string of the molecule is C/C(=N/NC(=O)[C@H](C)Sc1ccc(Cl)cc1)c1ccc(C(C)(C)C)cc1. The number of benzene rings is 2. The number of amides is 1. The van der Waals surface area contributed by atoms with Gasteiger partial charge in [0.1, 0.15) is 0 Å². The van der Waals surface area contributed by atoms with Gasteiger partial charge in [-0.2, -0.15) is 5.10 Å². The van der Waals surface area contributed by atoms with Gasteiger partial charge in [-0.3, -0.25) is 4.79 Å². The van der Waals surface area contributed by atoms with Crippen molar-refractivity contribution in [3.05, 3.63) is 64.7 Å². The number of hydrogen-bond acceptors (Lipinski definition) is 3. The van der Waals surface area contributed by atoms with E-state index in [2.05, 4.69) is 43.4 Å². The van der Waals surface area contributed by atoms with Gasteiger partial charge in [-0.15, -0.1) is 11.8 Å². The number of hydrogen-bond donors (Lipinski definition) is 1. The first-order chi connectivity index (χ1) is 12.2. The first kappa shape index (κ1) is 20.5. The van der Waals surface area contributed by atoms with E-state index in [1.807, 2.05) is 50.2 Å². The van der Waals surface area contributed by atoms with Crippen LogP contribution in [0.5, 0.6) is 0 Å². The fourth-order valence-electron chi connectivity index (χ4n) is 2.28. The lowest BCUT2D eigenvalue weighted by molar-refractivity contribution is -0.120. The molecule has 2 aromatic rings. The maximum absolute atomic E-state index is 12.3. The normalized spacial score (nSPS) is 13.4. The van der Waals surface area contributed by atoms with Gasteiger partial charge in [0.2, 0.25) is 0 Å². The Morgan fingerprint density at radius 3 is 2.19 bits per heavy atom. The van der Waals surface area contributed by atoms with Crippen molar-refractivity contribution >= 4 is 35.0 Å². The standard InChI is InChI=1S/C21H25ClN2OS/c1-14(16-6-8-17(9-7-16)21(3,4)5)23-24-20(25)15(2)26-19-12-10-18(22)11-13-19/h6-13,15H,1-5H3,(H,24,25)/b23-14-/t15-/m0/s1. The van der Waals surface area contributed by atoms with Crippen molar-refractivity contribution in [2.24, 2.45) is 5.10 Å². The van der Waals surface area contributed by atoms with Crippen molar-refractivity contribution < 1.29 is 4.79 Å². The minimum atomic E-state index is -0.254. The van der Waals surface area contributed by atoms with Crippen LogP contribution in [0.1, 0.15) is 45.7 Å². The molecule has 1 amide bonds. The summed E-state index contributed by atoms with van der Waals surface area (Å²) in [6.07, 6.45) is 0. The Morgan fingerprint density at radius 2 is 1.65 bits per heavy atom. The summed E-state index contributed by atoms with van der Waals surface area (Å²) in [5.74, 6) is -0.129. The molecule has 0 aromatic heterocycles. The van der Waals surface area contributed by atoms with Crippen LogP contribution in [0.15, 0.2) is 58.5 Å². The summed E-state index contributed by atoms with van der Waals surface area (Å²) >= 11 is 7.35. The van der Waals surface area contributed by atoms with Crippen LogP contribution >= 0.6 is 23.4 Å². The van der Waals surface area contributed by atoms with Crippen molar-refractivity contribution in [3.8, 4) is 0 Å². The van der Waals surface area contributed by atoms with Crippen LogP contribution in [-0.4, -0.2) is 16.9 Å². The number of thioether (sulfide) groups is 1. The highest BCUT2D eigenvalue weighted by Crippen LogP contribution is 2.25. The average Bonchev–Trinajstić information content (AvgIpc) is 2.60. The second kappa shape index (κ2) is 8.74. The molecule has 0 unspecified atom stereocenters. The van der Waals surface area contributed by atoms with E-state index in [9.17, 15) is 4.79 Å². The van der Waals surface area contributed by atoms with Crippen molar-refractivity contribution in [2.45, 2.75) is 50.2 Å². The maximum atomic E-state index is 12.3. The fraction of sp³-hybridized carbons (Fsp3) is 0.333. The largest absolute Gasteiger partial charge is 0.272 e. The van der Waals surface area contributed by atoms with E-state index in [0.717, 1.165) is 16.2 Å². The summed E-state index contributed by atoms with van der Waals surface area (Å²) < 4.78 is 0. The smallest absolute Gasteiger partial charge is 0.253 e. The second-order valence-corrected chi connectivity index (χ2v) is 9.07. The van der Waals surface area contributed by atoms with E-state index in [1.54, 1.807) is 0 Å². The zero-order valence-corrected chi connectivity index (χ0v) is 17.4. The highest BCUT2D eigenvalue weighted by molar-refractivity contribution is 8.00. The third-order valence-electron chi connectivity index (χ3n) is 4.00. The average molecular weight is 389 g/mol. The zero-order valence-electron chi connectivity index (χ0n) is 15.8. The van der Waals surface area contributed by atoms with Gasteiger partial charge in [0.05, 0.1) is 11.0 Å². The van der Waals surface area contributed by atoms with Crippen molar-refractivity contribution in [2.75, 3.05) is 0 Å². The Labute approximate surface area is 165 Å². The van der Waals surface area contributed by atoms with Crippen LogP contribution in [0.3, 0.4) is 0 Å². The molecule has 5 heteroatoms. The maximum Gasteiger partial charge on any atom is 0.253 e. The Hall–Kier alpha value is -1.78. The monoisotopic (exact) mass is 388 g/mol. The second-order valence-electron chi connectivity index (χ2n) is 7.21. The van der Waals surface area contributed by atoms with E-state index in [4.69, 9.17) is 11.6 Å². The first-order valence-corrected chi connectivity index (χ1v) is 9.80. The molecule has 0 aliphatic carbocycles. The molecular formula is C21H25ClN2OS. The Morgan fingerprint density at radius 1 is 1.08 bits per heavy atom. The summed E-state index contributed by atoms with van der Waals surface area (Å²) in [5, 5.41) is 4.68. The number of carbonyl (C=O) groups is 1. The minimum Gasteiger partial charge on any atom is -0.272 e. The summed E-state index contributed by atoms with van der Waals surface area (Å²) in [7, 11) is 0. The molecule has 1 N–H and O–H groups in total. The van der Waals surface area contributed by atoms with E-state index in [0.29, 0.717) is 5.02 Å². The Kier molecular flexibility index (Phi) is 6.90. The fourth-order valence-corrected chi connectivity index (χ4v) is 3.26. The summed E-state index contributed by atoms with van der Waals surface area (Å²) in [6.45, 7) is 10.3. The first-order valence-electron chi connectivity index (χ1n) is 8.54. The lowest BCUT2D eigenvalue weighted by atomic mass is 9.86. The van der Waals surface area contributed by atoms with Gasteiger partial charge >= 0.3 is 0 Å². The predicted octanol–water partition coefficient (Wildman–Crippen LogP) is 5.66. The third kappa shape index (κ3) is 5.89. The van der Waals surface area contributed by atoms with Gasteiger partial charge in [0, 0.05) is 9.92 Å². The topological polar surface area (TPSA) is 41.5 Å². The van der Waals surface area contributed by atoms with Crippen molar-refractivity contribution in [3.63, 3.8) is 0 Å². The summed E-state index contributed by atoms with van der Waals surface area (Å²) in [4.78, 5) is 13.3. The van der Waals surface area contributed by atoms with Gasteiger partial charge in [0.25, 0.3) is 5.91 Å². The molecule has 0 radical (unpaired) electrons. The predicted molar refractivity (Wildman–Crippen MR) is 112 cm³/mol. The number of nitrogens with one attached hydrogen (secondary N) is 1. The van der Waals surface area contributed by atoms with Crippen LogP contribution in [0.2, 0.25) is 5.02 Å². The van der Waals surface area contributed by atoms with Crippen molar-refractivity contribution in [1.82, 2.24) is 5.43 Å². The number of rotatable bonds is 5. The molecule has 3 nitrogen and oxygen atoms in total. The van der Waals surface area contributed by atoms with Crippen LogP contribution in [0.4, 0.5) is 0 Å². The van der Waals surface area contributed by atoms with Gasteiger partial charge in [-0.25, -0.2) is 5.43 Å². The van der Waals surface area contributed by atoms with Crippen LogP contribution in [0, 0.1) is 0 Å². The molecular weight excluding hydrogens is 364 g/mol. The molecule has 26 heavy (non-hydrogen) atoms. The molecule has 0 aliphatic rings. The van der Waals surface area contributed by atoms with E-state index in [-0.39, 0.29) is 16.6 Å². The van der Waals surface area contributed by atoms with Crippen LogP contribution < -0.4 is 5.43 Å². The number of hydrazone groups is 1. The molecule has 0 saturated carbocycles. The van der Waals surface area contributed by atoms with Gasteiger partial charge in [-0.05, 0) is 54.7 Å². The molecule has 0 aliphatic heterocycles.